The van der Waals surface area contributed by atoms with Crippen LogP contribution >= 0.6 is 0 Å². The van der Waals surface area contributed by atoms with Crippen molar-refractivity contribution in [3.8, 4) is 0 Å². The lowest BCUT2D eigenvalue weighted by molar-refractivity contribution is -0.131. The molecule has 170 valence electrons. The monoisotopic (exact) mass is 430 g/mol. The molecule has 0 aromatic rings. The number of carbonyl (C=O) groups is 3. The molecule has 1 saturated carbocycles. The third kappa shape index (κ3) is 5.49. The number of allylic oxidation sites excluding steroid dienone is 5. The van der Waals surface area contributed by atoms with E-state index < -0.39 is 17.7 Å². The van der Waals surface area contributed by atoms with E-state index in [0.29, 0.717) is 12.0 Å². The Morgan fingerprint density at radius 3 is 2.45 bits per heavy atom. The summed E-state index contributed by atoms with van der Waals surface area (Å²) >= 11 is 0. The maximum Gasteiger partial charge on any atom is 0.328 e. The summed E-state index contributed by atoms with van der Waals surface area (Å²) in [5.41, 5.74) is 1.76. The fourth-order valence-corrected chi connectivity index (χ4v) is 4.98. The predicted molar refractivity (Wildman–Crippen MR) is 118 cm³/mol. The highest BCUT2D eigenvalue weighted by atomic mass is 16.4. The lowest BCUT2D eigenvalue weighted by Gasteiger charge is -2.42. The maximum atomic E-state index is 12.8. The summed E-state index contributed by atoms with van der Waals surface area (Å²) in [6.45, 7) is 10.4. The van der Waals surface area contributed by atoms with E-state index in [4.69, 9.17) is 5.11 Å². The molecule has 0 unspecified atom stereocenters. The quantitative estimate of drug-likeness (QED) is 0.422. The van der Waals surface area contributed by atoms with Crippen molar-refractivity contribution in [2.24, 2.45) is 23.7 Å². The Morgan fingerprint density at radius 1 is 1.29 bits per heavy atom. The highest BCUT2D eigenvalue weighted by molar-refractivity contribution is 5.86. The first kappa shape index (κ1) is 25.0. The molecule has 0 saturated heterocycles. The lowest BCUT2D eigenvalue weighted by atomic mass is 9.61. The molecule has 2 rings (SSSR count). The van der Waals surface area contributed by atoms with Gasteiger partial charge in [-0.3, -0.25) is 9.59 Å². The number of hydrogen-bond donors (Lipinski definition) is 3. The van der Waals surface area contributed by atoms with Gasteiger partial charge in [-0.15, -0.1) is 0 Å². The standard InChI is InChI=1S/C25H34O6/c1-13-9-18-10-14(2)23(29)17(5)22(18)20(19(13)12-16(4)26)11-15(3)24(30)25(6,31)8-7-21(27)28/h7-9,11,14,17,20,22,24,30-31H,10,12H2,1-6H3,(H,27,28)/b8-7+,15-11+/t14-,17+,20+,22+,24+,25+/m1/s1. The Kier molecular flexibility index (Phi) is 7.61. The van der Waals surface area contributed by atoms with Crippen LogP contribution in [0.3, 0.4) is 0 Å². The zero-order valence-corrected chi connectivity index (χ0v) is 19.2. The van der Waals surface area contributed by atoms with E-state index in [-0.39, 0.29) is 41.7 Å². The summed E-state index contributed by atoms with van der Waals surface area (Å²) in [6, 6.07) is 0. The van der Waals surface area contributed by atoms with Crippen LogP contribution in [-0.2, 0) is 14.4 Å². The molecule has 6 atom stereocenters. The van der Waals surface area contributed by atoms with E-state index in [1.807, 2.05) is 26.8 Å². The average molecular weight is 431 g/mol. The van der Waals surface area contributed by atoms with Gasteiger partial charge in [0.15, 0.2) is 0 Å². The predicted octanol–water partition coefficient (Wildman–Crippen LogP) is 3.40. The molecular weight excluding hydrogens is 396 g/mol. The first-order valence-corrected chi connectivity index (χ1v) is 10.7. The fourth-order valence-electron chi connectivity index (χ4n) is 4.98. The van der Waals surface area contributed by atoms with Crippen molar-refractivity contribution in [1.29, 1.82) is 0 Å². The number of ketones is 2. The lowest BCUT2D eigenvalue weighted by Crippen LogP contribution is -2.41. The molecule has 2 aliphatic carbocycles. The SMILES string of the molecule is CC(=O)CC1=C(C)C=C2C[C@@H](C)C(=O)[C@@H](C)[C@@H]2[C@H]1/C=C(\C)[C@H](O)[C@@](C)(O)/C=C/C(=O)O. The number of rotatable bonds is 7. The number of aliphatic hydroxyl groups excluding tert-OH is 1. The number of fused-ring (bicyclic) bond motifs is 1. The second-order valence-electron chi connectivity index (χ2n) is 9.36. The zero-order chi connectivity index (χ0) is 23.7. The van der Waals surface area contributed by atoms with Crippen LogP contribution in [0, 0.1) is 23.7 Å². The van der Waals surface area contributed by atoms with Gasteiger partial charge in [-0.2, -0.15) is 0 Å². The van der Waals surface area contributed by atoms with Crippen molar-refractivity contribution < 1.29 is 29.7 Å². The van der Waals surface area contributed by atoms with Crippen LogP contribution < -0.4 is 0 Å². The van der Waals surface area contributed by atoms with E-state index in [1.54, 1.807) is 6.92 Å². The Morgan fingerprint density at radius 2 is 1.90 bits per heavy atom. The minimum Gasteiger partial charge on any atom is -0.478 e. The summed E-state index contributed by atoms with van der Waals surface area (Å²) < 4.78 is 0. The first-order valence-electron chi connectivity index (χ1n) is 10.7. The number of carbonyl (C=O) groups excluding carboxylic acids is 2. The van der Waals surface area contributed by atoms with Gasteiger partial charge < -0.3 is 15.3 Å². The van der Waals surface area contributed by atoms with Crippen molar-refractivity contribution in [3.05, 3.63) is 46.6 Å². The Balaban J connectivity index is 2.52. The van der Waals surface area contributed by atoms with Crippen molar-refractivity contribution in [2.45, 2.75) is 66.1 Å². The number of aliphatic carboxylic acids is 1. The minimum atomic E-state index is -1.78. The number of carboxylic acid groups (broad SMARTS) is 1. The summed E-state index contributed by atoms with van der Waals surface area (Å²) in [4.78, 5) is 35.6. The van der Waals surface area contributed by atoms with Crippen molar-refractivity contribution in [1.82, 2.24) is 0 Å². The normalized spacial score (nSPS) is 30.0. The third-order valence-electron chi connectivity index (χ3n) is 6.57. The van der Waals surface area contributed by atoms with Crippen LogP contribution in [0.4, 0.5) is 0 Å². The average Bonchev–Trinajstić information content (AvgIpc) is 2.66. The first-order chi connectivity index (χ1) is 14.3. The van der Waals surface area contributed by atoms with Gasteiger partial charge in [0.2, 0.25) is 0 Å². The largest absolute Gasteiger partial charge is 0.478 e. The van der Waals surface area contributed by atoms with Gasteiger partial charge in [-0.25, -0.2) is 4.79 Å². The topological polar surface area (TPSA) is 112 Å². The number of hydrogen-bond acceptors (Lipinski definition) is 5. The van der Waals surface area contributed by atoms with Gasteiger partial charge >= 0.3 is 5.97 Å². The number of aliphatic hydroxyl groups is 2. The van der Waals surface area contributed by atoms with Crippen molar-refractivity contribution in [2.75, 3.05) is 0 Å². The molecule has 0 radical (unpaired) electrons. The second-order valence-corrected chi connectivity index (χ2v) is 9.36. The molecule has 0 aromatic carbocycles. The van der Waals surface area contributed by atoms with Gasteiger partial charge in [-0.1, -0.05) is 42.7 Å². The van der Waals surface area contributed by atoms with E-state index in [9.17, 15) is 24.6 Å². The molecule has 31 heavy (non-hydrogen) atoms. The van der Waals surface area contributed by atoms with Crippen LogP contribution in [-0.4, -0.2) is 44.6 Å². The van der Waals surface area contributed by atoms with Gasteiger partial charge in [-0.05, 0) is 51.7 Å². The van der Waals surface area contributed by atoms with Gasteiger partial charge in [0.05, 0.1) is 0 Å². The van der Waals surface area contributed by atoms with E-state index in [1.165, 1.54) is 19.4 Å². The molecule has 0 spiro atoms. The maximum absolute atomic E-state index is 12.8. The van der Waals surface area contributed by atoms with Crippen LogP contribution in [0.2, 0.25) is 0 Å². The molecule has 0 heterocycles. The molecule has 0 bridgehead atoms. The summed E-state index contributed by atoms with van der Waals surface area (Å²) in [5.74, 6) is -1.67. The molecule has 2 aliphatic rings. The van der Waals surface area contributed by atoms with E-state index in [2.05, 4.69) is 6.08 Å². The van der Waals surface area contributed by atoms with Gasteiger partial charge in [0, 0.05) is 30.3 Å². The highest BCUT2D eigenvalue weighted by Gasteiger charge is 2.43. The van der Waals surface area contributed by atoms with Gasteiger partial charge in [0.1, 0.15) is 23.3 Å². The molecule has 0 amide bonds. The fraction of sp³-hybridized carbons (Fsp3) is 0.560. The minimum absolute atomic E-state index is 0.0161. The summed E-state index contributed by atoms with van der Waals surface area (Å²) in [6.07, 6.45) is 5.37. The molecule has 0 aromatic heterocycles. The Bertz CT molecular complexity index is 886. The Labute approximate surface area is 184 Å². The van der Waals surface area contributed by atoms with Crippen molar-refractivity contribution >= 4 is 17.5 Å². The molecule has 1 fully saturated rings. The van der Waals surface area contributed by atoms with Gasteiger partial charge in [0.25, 0.3) is 0 Å². The van der Waals surface area contributed by atoms with E-state index in [0.717, 1.165) is 23.3 Å². The molecule has 6 nitrogen and oxygen atoms in total. The molecule has 6 heteroatoms. The van der Waals surface area contributed by atoms with Crippen LogP contribution in [0.25, 0.3) is 0 Å². The third-order valence-corrected chi connectivity index (χ3v) is 6.57. The summed E-state index contributed by atoms with van der Waals surface area (Å²) in [5, 5.41) is 30.2. The molecule has 0 aliphatic heterocycles. The van der Waals surface area contributed by atoms with Crippen LogP contribution in [0.1, 0.15) is 54.4 Å². The second kappa shape index (κ2) is 9.45. The summed E-state index contributed by atoms with van der Waals surface area (Å²) in [7, 11) is 0. The molecular formula is C25H34O6. The number of carboxylic acids is 1. The van der Waals surface area contributed by atoms with Crippen LogP contribution in [0.15, 0.2) is 46.6 Å². The van der Waals surface area contributed by atoms with Crippen LogP contribution in [0.5, 0.6) is 0 Å². The Hall–Kier alpha value is -2.31. The zero-order valence-electron chi connectivity index (χ0n) is 19.2. The molecule has 3 N–H and O–H groups in total. The highest BCUT2D eigenvalue weighted by Crippen LogP contribution is 2.48. The smallest absolute Gasteiger partial charge is 0.328 e. The number of Topliss-reactive ketones (excluding diaryl/α,β-unsaturated/α-hetero) is 2. The van der Waals surface area contributed by atoms with Crippen molar-refractivity contribution in [3.63, 3.8) is 0 Å². The van der Waals surface area contributed by atoms with E-state index >= 15 is 0 Å².